The summed E-state index contributed by atoms with van der Waals surface area (Å²) in [4.78, 5) is 6.28. The van der Waals surface area contributed by atoms with E-state index in [1.165, 1.54) is 16.4 Å². The van der Waals surface area contributed by atoms with Gasteiger partial charge in [-0.3, -0.25) is 0 Å². The first-order chi connectivity index (χ1) is 13.9. The van der Waals surface area contributed by atoms with Crippen molar-refractivity contribution in [3.63, 3.8) is 0 Å². The fraction of sp³-hybridized carbons (Fsp3) is 0.474. The molecule has 9 nitrogen and oxygen atoms in total. The molecule has 1 aromatic heterocycles. The van der Waals surface area contributed by atoms with Crippen molar-refractivity contribution in [3.8, 4) is 17.6 Å². The van der Waals surface area contributed by atoms with Gasteiger partial charge in [-0.1, -0.05) is 13.8 Å². The molecule has 154 valence electrons. The zero-order valence-electron chi connectivity index (χ0n) is 16.3. The number of sulfonamides is 1. The summed E-state index contributed by atoms with van der Waals surface area (Å²) in [5.74, 6) is 1.97. The summed E-state index contributed by atoms with van der Waals surface area (Å²) in [6.45, 7) is 6.09. The number of ether oxygens (including phenoxy) is 2. The van der Waals surface area contributed by atoms with Crippen LogP contribution in [-0.2, 0) is 10.0 Å². The normalized spacial score (nSPS) is 17.4. The molecule has 2 aromatic rings. The average Bonchev–Trinajstić information content (AvgIpc) is 3.18. The van der Waals surface area contributed by atoms with Crippen LogP contribution in [0.15, 0.2) is 27.5 Å². The number of nitriles is 1. The van der Waals surface area contributed by atoms with Gasteiger partial charge in [-0.05, 0) is 12.1 Å². The standard InChI is InChI=1S/C19H22N4O5S/c1-13(2)18-21-15(12-20)19(28-18)22-5-7-23(8-6-22)29(24,25)14-3-4-16-17(11-14)27-10-9-26-16/h3-4,11,13H,5-10H2,1-2H3. The Hall–Kier alpha value is -2.77. The second-order valence-electron chi connectivity index (χ2n) is 7.17. The predicted octanol–water partition coefficient (Wildman–Crippen LogP) is 1.95. The van der Waals surface area contributed by atoms with Crippen LogP contribution in [0.5, 0.6) is 11.5 Å². The Balaban J connectivity index is 1.50. The first-order valence-electron chi connectivity index (χ1n) is 9.45. The van der Waals surface area contributed by atoms with Crippen LogP contribution < -0.4 is 14.4 Å². The van der Waals surface area contributed by atoms with E-state index in [1.54, 1.807) is 6.07 Å². The second-order valence-corrected chi connectivity index (χ2v) is 9.11. The number of nitrogens with zero attached hydrogens (tertiary/aromatic N) is 4. The van der Waals surface area contributed by atoms with Crippen LogP contribution in [0.4, 0.5) is 5.88 Å². The highest BCUT2D eigenvalue weighted by Crippen LogP contribution is 2.34. The largest absolute Gasteiger partial charge is 0.486 e. The third-order valence-electron chi connectivity index (χ3n) is 4.90. The van der Waals surface area contributed by atoms with Crippen molar-refractivity contribution in [2.45, 2.75) is 24.7 Å². The number of oxazole rings is 1. The van der Waals surface area contributed by atoms with Crippen LogP contribution in [-0.4, -0.2) is 57.1 Å². The summed E-state index contributed by atoms with van der Waals surface area (Å²) in [5, 5.41) is 9.34. The van der Waals surface area contributed by atoms with Crippen molar-refractivity contribution < 1.29 is 22.3 Å². The molecule has 2 aliphatic rings. The molecule has 3 heterocycles. The average molecular weight is 418 g/mol. The number of hydrogen-bond acceptors (Lipinski definition) is 8. The summed E-state index contributed by atoms with van der Waals surface area (Å²) in [7, 11) is -3.67. The van der Waals surface area contributed by atoms with E-state index in [2.05, 4.69) is 11.1 Å². The topological polar surface area (TPSA) is 109 Å². The molecule has 0 spiro atoms. The Kier molecular flexibility index (Phi) is 5.10. The SMILES string of the molecule is CC(C)c1nc(C#N)c(N2CCN(S(=O)(=O)c3ccc4c(c3)OCCO4)CC2)o1. The Morgan fingerprint density at radius 1 is 1.10 bits per heavy atom. The fourth-order valence-corrected chi connectivity index (χ4v) is 4.77. The van der Waals surface area contributed by atoms with Crippen molar-refractivity contribution in [1.82, 2.24) is 9.29 Å². The minimum Gasteiger partial charge on any atom is -0.486 e. The molecule has 1 fully saturated rings. The van der Waals surface area contributed by atoms with Gasteiger partial charge in [0.25, 0.3) is 0 Å². The lowest BCUT2D eigenvalue weighted by Gasteiger charge is -2.33. The van der Waals surface area contributed by atoms with E-state index in [-0.39, 0.29) is 29.6 Å². The minimum atomic E-state index is -3.67. The number of aromatic nitrogens is 1. The van der Waals surface area contributed by atoms with Crippen LogP contribution in [0, 0.1) is 11.3 Å². The number of rotatable bonds is 4. The van der Waals surface area contributed by atoms with E-state index < -0.39 is 10.0 Å². The molecule has 0 unspecified atom stereocenters. The lowest BCUT2D eigenvalue weighted by Crippen LogP contribution is -2.48. The summed E-state index contributed by atoms with van der Waals surface area (Å²) < 4.78 is 44.3. The molecule has 0 saturated carbocycles. The number of hydrogen-bond donors (Lipinski definition) is 0. The monoisotopic (exact) mass is 418 g/mol. The molecule has 0 amide bonds. The van der Waals surface area contributed by atoms with Crippen LogP contribution in [0.2, 0.25) is 0 Å². The smallest absolute Gasteiger partial charge is 0.243 e. The maximum atomic E-state index is 13.1. The number of anilines is 1. The van der Waals surface area contributed by atoms with Gasteiger partial charge >= 0.3 is 0 Å². The van der Waals surface area contributed by atoms with E-state index in [4.69, 9.17) is 13.9 Å². The summed E-state index contributed by atoms with van der Waals surface area (Å²) in [6.07, 6.45) is 0. The van der Waals surface area contributed by atoms with Gasteiger partial charge in [0.15, 0.2) is 11.5 Å². The van der Waals surface area contributed by atoms with Crippen LogP contribution >= 0.6 is 0 Å². The third kappa shape index (κ3) is 3.63. The van der Waals surface area contributed by atoms with Gasteiger partial charge in [0, 0.05) is 38.2 Å². The summed E-state index contributed by atoms with van der Waals surface area (Å²) >= 11 is 0. The predicted molar refractivity (Wildman–Crippen MR) is 104 cm³/mol. The number of fused-ring (bicyclic) bond motifs is 1. The molecular weight excluding hydrogens is 396 g/mol. The molecule has 0 aliphatic carbocycles. The van der Waals surface area contributed by atoms with Crippen LogP contribution in [0.25, 0.3) is 0 Å². The third-order valence-corrected chi connectivity index (χ3v) is 6.80. The van der Waals surface area contributed by atoms with Gasteiger partial charge in [0.1, 0.15) is 19.3 Å². The van der Waals surface area contributed by atoms with Crippen LogP contribution in [0.1, 0.15) is 31.4 Å². The van der Waals surface area contributed by atoms with E-state index in [1.807, 2.05) is 18.7 Å². The zero-order chi connectivity index (χ0) is 20.6. The van der Waals surface area contributed by atoms with E-state index in [0.717, 1.165) is 0 Å². The first kappa shape index (κ1) is 19.5. The maximum absolute atomic E-state index is 13.1. The fourth-order valence-electron chi connectivity index (χ4n) is 3.33. The lowest BCUT2D eigenvalue weighted by molar-refractivity contribution is 0.171. The van der Waals surface area contributed by atoms with Crippen molar-refractivity contribution in [2.75, 3.05) is 44.3 Å². The van der Waals surface area contributed by atoms with Crippen molar-refractivity contribution in [1.29, 1.82) is 5.26 Å². The lowest BCUT2D eigenvalue weighted by atomic mass is 10.2. The number of piperazine rings is 1. The highest BCUT2D eigenvalue weighted by molar-refractivity contribution is 7.89. The molecule has 29 heavy (non-hydrogen) atoms. The zero-order valence-corrected chi connectivity index (χ0v) is 17.1. The molecule has 0 N–H and O–H groups in total. The molecule has 10 heteroatoms. The highest BCUT2D eigenvalue weighted by atomic mass is 32.2. The van der Waals surface area contributed by atoms with Crippen molar-refractivity contribution >= 4 is 15.9 Å². The molecule has 4 rings (SSSR count). The minimum absolute atomic E-state index is 0.0627. The van der Waals surface area contributed by atoms with Gasteiger partial charge in [0.2, 0.25) is 27.5 Å². The molecule has 0 radical (unpaired) electrons. The van der Waals surface area contributed by atoms with Gasteiger partial charge in [0.05, 0.1) is 4.90 Å². The van der Waals surface area contributed by atoms with Crippen molar-refractivity contribution in [2.24, 2.45) is 0 Å². The second kappa shape index (κ2) is 7.57. The number of benzene rings is 1. The van der Waals surface area contributed by atoms with Crippen LogP contribution in [0.3, 0.4) is 0 Å². The molecular formula is C19H22N4O5S. The molecule has 1 saturated heterocycles. The van der Waals surface area contributed by atoms with Gasteiger partial charge < -0.3 is 18.8 Å². The Morgan fingerprint density at radius 2 is 1.79 bits per heavy atom. The molecule has 1 aromatic carbocycles. The maximum Gasteiger partial charge on any atom is 0.243 e. The molecule has 0 bridgehead atoms. The van der Waals surface area contributed by atoms with E-state index >= 15 is 0 Å². The summed E-state index contributed by atoms with van der Waals surface area (Å²) in [5.41, 5.74) is 0.233. The van der Waals surface area contributed by atoms with E-state index in [0.29, 0.717) is 49.6 Å². The Morgan fingerprint density at radius 3 is 2.45 bits per heavy atom. The molecule has 2 aliphatic heterocycles. The van der Waals surface area contributed by atoms with Gasteiger partial charge in [-0.25, -0.2) is 13.4 Å². The van der Waals surface area contributed by atoms with Crippen molar-refractivity contribution in [3.05, 3.63) is 29.8 Å². The van der Waals surface area contributed by atoms with E-state index in [9.17, 15) is 13.7 Å². The molecule has 0 atom stereocenters. The van der Waals surface area contributed by atoms with Gasteiger partial charge in [-0.2, -0.15) is 9.57 Å². The summed E-state index contributed by atoms with van der Waals surface area (Å²) in [6, 6.07) is 6.73. The Bertz CT molecular complexity index is 1050. The Labute approximate surface area is 169 Å². The highest BCUT2D eigenvalue weighted by Gasteiger charge is 2.32. The van der Waals surface area contributed by atoms with Gasteiger partial charge in [-0.15, -0.1) is 0 Å². The first-order valence-corrected chi connectivity index (χ1v) is 10.9. The quantitative estimate of drug-likeness (QED) is 0.741.